The zero-order valence-electron chi connectivity index (χ0n) is 11.9. The quantitative estimate of drug-likeness (QED) is 0.859. The lowest BCUT2D eigenvalue weighted by Gasteiger charge is -2.34. The maximum absolute atomic E-state index is 5.99. The topological polar surface area (TPSA) is 53.7 Å². The van der Waals surface area contributed by atoms with Crippen LogP contribution in [0.15, 0.2) is 12.1 Å². The average molecular weight is 265 g/mol. The first kappa shape index (κ1) is 14.0. The maximum Gasteiger partial charge on any atom is 0.129 e. The molecule has 1 fully saturated rings. The van der Waals surface area contributed by atoms with Crippen LogP contribution in [0.25, 0.3) is 0 Å². The van der Waals surface area contributed by atoms with Gasteiger partial charge in [-0.3, -0.25) is 0 Å². The zero-order valence-corrected chi connectivity index (χ0v) is 11.9. The van der Waals surface area contributed by atoms with Crippen LogP contribution in [0.1, 0.15) is 30.7 Å². The molecule has 2 N–H and O–H groups in total. The van der Waals surface area contributed by atoms with E-state index in [1.165, 1.54) is 19.3 Å². The van der Waals surface area contributed by atoms with E-state index in [0.717, 1.165) is 22.8 Å². The number of hydrogen-bond acceptors (Lipinski definition) is 4. The first-order chi connectivity index (χ1) is 9.24. The van der Waals surface area contributed by atoms with Gasteiger partial charge in [0, 0.05) is 23.6 Å². The minimum Gasteiger partial charge on any atom is -0.496 e. The van der Waals surface area contributed by atoms with Gasteiger partial charge in [-0.1, -0.05) is 6.42 Å². The lowest BCUT2D eigenvalue weighted by molar-refractivity contribution is 0.253. The fourth-order valence-corrected chi connectivity index (χ4v) is 2.79. The van der Waals surface area contributed by atoms with Gasteiger partial charge >= 0.3 is 0 Å². The molecule has 106 valence electrons. The molecule has 1 unspecified atom stereocenters. The van der Waals surface area contributed by atoms with Crippen molar-refractivity contribution in [2.24, 2.45) is 11.7 Å². The number of methoxy groups -OCH3 is 3. The second kappa shape index (κ2) is 6.15. The van der Waals surface area contributed by atoms with Crippen LogP contribution in [0.2, 0.25) is 0 Å². The molecule has 0 radical (unpaired) electrons. The molecule has 1 aliphatic carbocycles. The molecule has 0 aromatic heterocycles. The first-order valence-corrected chi connectivity index (χ1v) is 6.75. The molecule has 0 amide bonds. The van der Waals surface area contributed by atoms with Crippen molar-refractivity contribution < 1.29 is 14.2 Å². The van der Waals surface area contributed by atoms with Gasteiger partial charge in [0.15, 0.2) is 0 Å². The molecule has 4 heteroatoms. The van der Waals surface area contributed by atoms with Crippen LogP contribution in [0.4, 0.5) is 0 Å². The monoisotopic (exact) mass is 265 g/mol. The highest BCUT2D eigenvalue weighted by atomic mass is 16.5. The maximum atomic E-state index is 5.99. The van der Waals surface area contributed by atoms with E-state index in [2.05, 4.69) is 0 Å². The Morgan fingerprint density at radius 1 is 1.11 bits per heavy atom. The molecule has 0 heterocycles. The van der Waals surface area contributed by atoms with E-state index in [1.54, 1.807) is 21.3 Å². The van der Waals surface area contributed by atoms with Crippen molar-refractivity contribution in [2.75, 3.05) is 27.9 Å². The van der Waals surface area contributed by atoms with E-state index in [9.17, 15) is 0 Å². The smallest absolute Gasteiger partial charge is 0.129 e. The number of ether oxygens (including phenoxy) is 3. The van der Waals surface area contributed by atoms with Crippen molar-refractivity contribution in [1.82, 2.24) is 0 Å². The number of benzene rings is 1. The molecule has 1 atom stereocenters. The molecule has 1 aromatic rings. The number of rotatable bonds is 6. The van der Waals surface area contributed by atoms with E-state index in [-0.39, 0.29) is 0 Å². The van der Waals surface area contributed by atoms with Crippen LogP contribution in [-0.2, 0) is 0 Å². The van der Waals surface area contributed by atoms with Gasteiger partial charge in [0.25, 0.3) is 0 Å². The van der Waals surface area contributed by atoms with Gasteiger partial charge in [-0.25, -0.2) is 0 Å². The Balaban J connectivity index is 2.45. The standard InChI is InChI=1S/C15H23NO3/c1-17-11-7-13(18-2)15(14(8-11)19-3)12(9-16)10-5-4-6-10/h7-8,10,12H,4-6,9,16H2,1-3H3. The Morgan fingerprint density at radius 2 is 1.68 bits per heavy atom. The molecule has 2 rings (SSSR count). The van der Waals surface area contributed by atoms with Crippen molar-refractivity contribution in [3.8, 4) is 17.2 Å². The fraction of sp³-hybridized carbons (Fsp3) is 0.600. The largest absolute Gasteiger partial charge is 0.496 e. The van der Waals surface area contributed by atoms with Gasteiger partial charge in [0.2, 0.25) is 0 Å². The van der Waals surface area contributed by atoms with Crippen LogP contribution in [0.5, 0.6) is 17.2 Å². The Kier molecular flexibility index (Phi) is 4.53. The summed E-state index contributed by atoms with van der Waals surface area (Å²) in [4.78, 5) is 0. The summed E-state index contributed by atoms with van der Waals surface area (Å²) in [7, 11) is 4.98. The van der Waals surface area contributed by atoms with Crippen molar-refractivity contribution in [2.45, 2.75) is 25.2 Å². The van der Waals surface area contributed by atoms with E-state index in [1.807, 2.05) is 12.1 Å². The van der Waals surface area contributed by atoms with Crippen molar-refractivity contribution >= 4 is 0 Å². The summed E-state index contributed by atoms with van der Waals surface area (Å²) in [5, 5.41) is 0. The molecular formula is C15H23NO3. The third kappa shape index (κ3) is 2.63. The predicted molar refractivity (Wildman–Crippen MR) is 75.2 cm³/mol. The van der Waals surface area contributed by atoms with Gasteiger partial charge < -0.3 is 19.9 Å². The van der Waals surface area contributed by atoms with Crippen molar-refractivity contribution in [3.63, 3.8) is 0 Å². The van der Waals surface area contributed by atoms with E-state index >= 15 is 0 Å². The lowest BCUT2D eigenvalue weighted by atomic mass is 9.72. The summed E-state index contributed by atoms with van der Waals surface area (Å²) in [6.45, 7) is 0.615. The minimum absolute atomic E-state index is 0.296. The highest BCUT2D eigenvalue weighted by molar-refractivity contribution is 5.53. The summed E-state index contributed by atoms with van der Waals surface area (Å²) in [5.41, 5.74) is 7.07. The predicted octanol–water partition coefficient (Wildman–Crippen LogP) is 2.55. The second-order valence-corrected chi connectivity index (χ2v) is 4.98. The highest BCUT2D eigenvalue weighted by Gasteiger charge is 2.32. The van der Waals surface area contributed by atoms with Crippen LogP contribution in [0.3, 0.4) is 0 Å². The normalized spacial score (nSPS) is 16.6. The summed E-state index contributed by atoms with van der Waals surface area (Å²) >= 11 is 0. The van der Waals surface area contributed by atoms with Gasteiger partial charge in [0.05, 0.1) is 21.3 Å². The third-order valence-electron chi connectivity index (χ3n) is 4.10. The summed E-state index contributed by atoms with van der Waals surface area (Å²) in [6.07, 6.45) is 3.77. The van der Waals surface area contributed by atoms with E-state index in [0.29, 0.717) is 18.4 Å². The van der Waals surface area contributed by atoms with Gasteiger partial charge in [-0.05, 0) is 25.3 Å². The summed E-state index contributed by atoms with van der Waals surface area (Å²) in [6, 6.07) is 3.80. The average Bonchev–Trinajstić information content (AvgIpc) is 2.41. The van der Waals surface area contributed by atoms with Gasteiger partial charge in [-0.15, -0.1) is 0 Å². The molecule has 1 saturated carbocycles. The third-order valence-corrected chi connectivity index (χ3v) is 4.10. The molecular weight excluding hydrogens is 242 g/mol. The van der Waals surface area contributed by atoms with E-state index in [4.69, 9.17) is 19.9 Å². The Bertz CT molecular complexity index is 404. The SMILES string of the molecule is COc1cc(OC)c(C(CN)C2CCC2)c(OC)c1. The van der Waals surface area contributed by atoms with E-state index < -0.39 is 0 Å². The Labute approximate surface area is 114 Å². The molecule has 0 saturated heterocycles. The lowest BCUT2D eigenvalue weighted by Crippen LogP contribution is -2.27. The highest BCUT2D eigenvalue weighted by Crippen LogP contribution is 2.46. The van der Waals surface area contributed by atoms with Crippen molar-refractivity contribution in [3.05, 3.63) is 17.7 Å². The van der Waals surface area contributed by atoms with Crippen LogP contribution < -0.4 is 19.9 Å². The molecule has 0 bridgehead atoms. The first-order valence-electron chi connectivity index (χ1n) is 6.75. The zero-order chi connectivity index (χ0) is 13.8. The summed E-state index contributed by atoms with van der Waals surface area (Å²) < 4.78 is 16.3. The second-order valence-electron chi connectivity index (χ2n) is 4.98. The fourth-order valence-electron chi connectivity index (χ4n) is 2.79. The molecule has 0 spiro atoms. The van der Waals surface area contributed by atoms with Gasteiger partial charge in [-0.2, -0.15) is 0 Å². The van der Waals surface area contributed by atoms with Crippen molar-refractivity contribution in [1.29, 1.82) is 0 Å². The molecule has 1 aromatic carbocycles. The Hall–Kier alpha value is -1.42. The van der Waals surface area contributed by atoms with Crippen LogP contribution >= 0.6 is 0 Å². The summed E-state index contributed by atoms with van der Waals surface area (Å²) in [5.74, 6) is 3.28. The molecule has 1 aliphatic rings. The Morgan fingerprint density at radius 3 is 2.00 bits per heavy atom. The molecule has 0 aliphatic heterocycles. The molecule has 19 heavy (non-hydrogen) atoms. The van der Waals surface area contributed by atoms with Crippen LogP contribution in [0, 0.1) is 5.92 Å². The van der Waals surface area contributed by atoms with Gasteiger partial charge in [0.1, 0.15) is 17.2 Å². The minimum atomic E-state index is 0.296. The number of hydrogen-bond donors (Lipinski definition) is 1. The molecule has 4 nitrogen and oxygen atoms in total. The number of nitrogens with two attached hydrogens (primary N) is 1. The van der Waals surface area contributed by atoms with Crippen LogP contribution in [-0.4, -0.2) is 27.9 Å².